The van der Waals surface area contributed by atoms with Crippen molar-refractivity contribution in [1.82, 2.24) is 14.2 Å². The van der Waals surface area contributed by atoms with E-state index in [2.05, 4.69) is 15.2 Å². The van der Waals surface area contributed by atoms with E-state index in [1.54, 1.807) is 30.3 Å². The summed E-state index contributed by atoms with van der Waals surface area (Å²) in [5.74, 6) is -0.359. The number of sulfonamides is 1. The zero-order valence-corrected chi connectivity index (χ0v) is 19.4. The number of thiophene rings is 1. The number of piperazine rings is 1. The average molecular weight is 479 g/mol. The number of amides is 1. The van der Waals surface area contributed by atoms with Gasteiger partial charge in [-0.3, -0.25) is 9.59 Å². The third kappa shape index (κ3) is 5.01. The summed E-state index contributed by atoms with van der Waals surface area (Å²) in [5.41, 5.74) is 0.618. The van der Waals surface area contributed by atoms with Crippen molar-refractivity contribution < 1.29 is 18.0 Å². The molecule has 0 spiro atoms. The second kappa shape index (κ2) is 9.13. The van der Waals surface area contributed by atoms with Crippen LogP contribution in [0.15, 0.2) is 40.6 Å². The van der Waals surface area contributed by atoms with E-state index in [1.807, 2.05) is 12.4 Å². The molecular formula is C20H22N4O4S3. The molecule has 1 aromatic carbocycles. The Balaban J connectivity index is 1.42. The minimum atomic E-state index is -3.57. The molecule has 164 valence electrons. The number of anilines is 1. The lowest BCUT2D eigenvalue weighted by atomic mass is 10.2. The molecule has 0 saturated carbocycles. The maximum Gasteiger partial charge on any atom is 0.243 e. The number of Topliss-reactive ketones (excluding diaryl/α,β-unsaturated/α-hetero) is 1. The first-order chi connectivity index (χ1) is 14.8. The smallest absolute Gasteiger partial charge is 0.243 e. The first-order valence-corrected chi connectivity index (χ1v) is 12.9. The van der Waals surface area contributed by atoms with Gasteiger partial charge in [0, 0.05) is 39.0 Å². The van der Waals surface area contributed by atoms with Gasteiger partial charge in [-0.05, 0) is 36.7 Å². The maximum atomic E-state index is 13.0. The fraction of sp³-hybridized carbons (Fsp3) is 0.350. The SMILES string of the molecule is CN1CCN(S(=O)(=O)c2ccc3nc(NC(=O)CCC(=O)c4cccs4)sc3c2)CC1. The Morgan fingerprint density at radius 1 is 1.13 bits per heavy atom. The fourth-order valence-electron chi connectivity index (χ4n) is 3.27. The summed E-state index contributed by atoms with van der Waals surface area (Å²) in [4.78, 5) is 31.6. The van der Waals surface area contributed by atoms with Gasteiger partial charge in [-0.15, -0.1) is 11.3 Å². The van der Waals surface area contributed by atoms with Crippen molar-refractivity contribution in [2.75, 3.05) is 38.5 Å². The van der Waals surface area contributed by atoms with Gasteiger partial charge in [-0.1, -0.05) is 17.4 Å². The van der Waals surface area contributed by atoms with Crippen molar-refractivity contribution >= 4 is 59.7 Å². The summed E-state index contributed by atoms with van der Waals surface area (Å²) in [6.07, 6.45) is 0.195. The third-order valence-corrected chi connectivity index (χ3v) is 8.82. The van der Waals surface area contributed by atoms with Crippen LogP contribution in [0.1, 0.15) is 22.5 Å². The number of fused-ring (bicyclic) bond motifs is 1. The van der Waals surface area contributed by atoms with Gasteiger partial charge in [0.2, 0.25) is 15.9 Å². The molecule has 3 heterocycles. The maximum absolute atomic E-state index is 13.0. The Morgan fingerprint density at radius 2 is 1.90 bits per heavy atom. The Morgan fingerprint density at radius 3 is 2.61 bits per heavy atom. The van der Waals surface area contributed by atoms with Crippen molar-refractivity contribution in [2.45, 2.75) is 17.7 Å². The molecule has 1 fully saturated rings. The number of rotatable bonds is 7. The molecule has 0 unspecified atom stereocenters. The largest absolute Gasteiger partial charge is 0.304 e. The predicted molar refractivity (Wildman–Crippen MR) is 122 cm³/mol. The van der Waals surface area contributed by atoms with Crippen LogP contribution in [0.3, 0.4) is 0 Å². The summed E-state index contributed by atoms with van der Waals surface area (Å²) in [6, 6.07) is 8.37. The summed E-state index contributed by atoms with van der Waals surface area (Å²) in [6.45, 7) is 2.33. The van der Waals surface area contributed by atoms with Gasteiger partial charge in [-0.2, -0.15) is 4.31 Å². The van der Waals surface area contributed by atoms with Gasteiger partial charge in [0.25, 0.3) is 0 Å². The molecule has 8 nitrogen and oxygen atoms in total. The molecule has 0 aliphatic carbocycles. The highest BCUT2D eigenvalue weighted by Crippen LogP contribution is 2.29. The number of hydrogen-bond donors (Lipinski definition) is 1. The van der Waals surface area contributed by atoms with E-state index in [-0.39, 0.29) is 29.4 Å². The molecule has 1 saturated heterocycles. The highest BCUT2D eigenvalue weighted by Gasteiger charge is 2.27. The van der Waals surface area contributed by atoms with Gasteiger partial charge in [0.1, 0.15) is 0 Å². The Hall–Kier alpha value is -2.18. The standard InChI is InChI=1S/C20H22N4O4S3/c1-23-8-10-24(11-9-23)31(27,28)14-4-5-15-18(13-14)30-20(21-15)22-19(26)7-6-16(25)17-3-2-12-29-17/h2-5,12-13H,6-11H2,1H3,(H,21,22,26). The van der Waals surface area contributed by atoms with Crippen molar-refractivity contribution in [1.29, 1.82) is 0 Å². The van der Waals surface area contributed by atoms with Crippen LogP contribution in [-0.4, -0.2) is 67.5 Å². The molecule has 0 radical (unpaired) electrons. The van der Waals surface area contributed by atoms with Crippen LogP contribution < -0.4 is 5.32 Å². The first kappa shape index (κ1) is 22.0. The van der Waals surface area contributed by atoms with Crippen LogP contribution in [-0.2, 0) is 14.8 Å². The Bertz CT molecular complexity index is 1200. The molecular weight excluding hydrogens is 456 g/mol. The number of carbonyl (C=O) groups excluding carboxylic acids is 2. The van der Waals surface area contributed by atoms with Gasteiger partial charge < -0.3 is 10.2 Å². The number of benzene rings is 1. The van der Waals surface area contributed by atoms with E-state index in [0.29, 0.717) is 46.4 Å². The molecule has 1 N–H and O–H groups in total. The Kier molecular flexibility index (Phi) is 6.49. The second-order valence-electron chi connectivity index (χ2n) is 7.30. The number of nitrogens with one attached hydrogen (secondary N) is 1. The number of thiazole rings is 1. The molecule has 1 aliphatic rings. The molecule has 3 aromatic rings. The molecule has 0 atom stereocenters. The van der Waals surface area contributed by atoms with E-state index < -0.39 is 10.0 Å². The molecule has 1 amide bonds. The van der Waals surface area contributed by atoms with Gasteiger partial charge in [-0.25, -0.2) is 13.4 Å². The average Bonchev–Trinajstić information content (AvgIpc) is 3.41. The number of likely N-dealkylation sites (N-methyl/N-ethyl adjacent to an activating group) is 1. The van der Waals surface area contributed by atoms with E-state index in [1.165, 1.54) is 27.0 Å². The minimum absolute atomic E-state index is 0.0618. The van der Waals surface area contributed by atoms with E-state index in [4.69, 9.17) is 0 Å². The van der Waals surface area contributed by atoms with Crippen LogP contribution >= 0.6 is 22.7 Å². The lowest BCUT2D eigenvalue weighted by molar-refractivity contribution is -0.116. The van der Waals surface area contributed by atoms with Crippen LogP contribution in [0.25, 0.3) is 10.2 Å². The lowest BCUT2D eigenvalue weighted by Gasteiger charge is -2.31. The number of carbonyl (C=O) groups is 2. The van der Waals surface area contributed by atoms with Crippen molar-refractivity contribution in [3.8, 4) is 0 Å². The molecule has 4 rings (SSSR count). The van der Waals surface area contributed by atoms with Crippen LogP contribution in [0, 0.1) is 0 Å². The summed E-state index contributed by atoms with van der Waals surface area (Å²) < 4.78 is 28.1. The van der Waals surface area contributed by atoms with Crippen molar-refractivity contribution in [3.63, 3.8) is 0 Å². The second-order valence-corrected chi connectivity index (χ2v) is 11.2. The van der Waals surface area contributed by atoms with Crippen molar-refractivity contribution in [2.24, 2.45) is 0 Å². The number of hydrogen-bond acceptors (Lipinski definition) is 8. The zero-order chi connectivity index (χ0) is 22.0. The van der Waals surface area contributed by atoms with Gasteiger partial charge in [0.05, 0.1) is 20.0 Å². The van der Waals surface area contributed by atoms with E-state index in [0.717, 1.165) is 0 Å². The topological polar surface area (TPSA) is 99.7 Å². The monoisotopic (exact) mass is 478 g/mol. The Labute approximate surface area is 188 Å². The molecule has 2 aromatic heterocycles. The zero-order valence-electron chi connectivity index (χ0n) is 16.9. The minimum Gasteiger partial charge on any atom is -0.304 e. The highest BCUT2D eigenvalue weighted by atomic mass is 32.2. The molecule has 1 aliphatic heterocycles. The summed E-state index contributed by atoms with van der Waals surface area (Å²) >= 11 is 2.57. The molecule has 11 heteroatoms. The number of ketones is 1. The third-order valence-electron chi connectivity index (χ3n) is 5.08. The van der Waals surface area contributed by atoms with Gasteiger partial charge in [0.15, 0.2) is 10.9 Å². The number of aromatic nitrogens is 1. The van der Waals surface area contributed by atoms with Gasteiger partial charge >= 0.3 is 0 Å². The quantitative estimate of drug-likeness (QED) is 0.524. The number of nitrogens with zero attached hydrogens (tertiary/aromatic N) is 3. The van der Waals surface area contributed by atoms with Crippen molar-refractivity contribution in [3.05, 3.63) is 40.6 Å². The summed E-state index contributed by atoms with van der Waals surface area (Å²) in [5, 5.41) is 4.93. The lowest BCUT2D eigenvalue weighted by Crippen LogP contribution is -2.46. The summed E-state index contributed by atoms with van der Waals surface area (Å²) in [7, 11) is -1.60. The first-order valence-electron chi connectivity index (χ1n) is 9.79. The highest BCUT2D eigenvalue weighted by molar-refractivity contribution is 7.89. The van der Waals surface area contributed by atoms with E-state index >= 15 is 0 Å². The van der Waals surface area contributed by atoms with E-state index in [9.17, 15) is 18.0 Å². The van der Waals surface area contributed by atoms with Crippen LogP contribution in [0.2, 0.25) is 0 Å². The van der Waals surface area contributed by atoms with Crippen LogP contribution in [0.4, 0.5) is 5.13 Å². The fourth-order valence-corrected chi connectivity index (χ4v) is 6.40. The predicted octanol–water partition coefficient (Wildman–Crippen LogP) is 2.90. The normalized spacial score (nSPS) is 15.9. The molecule has 0 bridgehead atoms. The molecule has 31 heavy (non-hydrogen) atoms. The van der Waals surface area contributed by atoms with Crippen LogP contribution in [0.5, 0.6) is 0 Å².